The van der Waals surface area contributed by atoms with E-state index < -0.39 is 94.4 Å². The number of carbonyl (C=O) groups is 1. The first-order chi connectivity index (χ1) is 17.1. The molecule has 0 saturated carbocycles. The lowest BCUT2D eigenvalue weighted by atomic mass is 10.3. The molecule has 0 bridgehead atoms. The number of ether oxygens (including phenoxy) is 6. The Morgan fingerprint density at radius 3 is 1.56 bits per heavy atom. The average Bonchev–Trinajstić information content (AvgIpc) is 2.63. The highest BCUT2D eigenvalue weighted by molar-refractivity contribution is 5.75. The van der Waals surface area contributed by atoms with Gasteiger partial charge >= 0.3 is 42.8 Å². The summed E-state index contributed by atoms with van der Waals surface area (Å²) < 4.78 is 225. The molecule has 0 radical (unpaired) electrons. The monoisotopic (exact) mass is 624 g/mol. The molecular formula is C16H16F16O7. The molecule has 0 aromatic heterocycles. The maximum Gasteiger partial charge on any atom is 0.425 e. The van der Waals surface area contributed by atoms with Crippen molar-refractivity contribution in [2.45, 2.75) is 62.2 Å². The van der Waals surface area contributed by atoms with Gasteiger partial charge in [-0.15, -0.1) is 0 Å². The van der Waals surface area contributed by atoms with Crippen LogP contribution >= 0.6 is 0 Å². The van der Waals surface area contributed by atoms with Crippen LogP contribution in [0.15, 0.2) is 0 Å². The van der Waals surface area contributed by atoms with Crippen LogP contribution in [0.4, 0.5) is 70.2 Å². The van der Waals surface area contributed by atoms with Crippen molar-refractivity contribution >= 4 is 5.97 Å². The van der Waals surface area contributed by atoms with Gasteiger partial charge in [-0.25, -0.2) is 13.6 Å². The number of hydrogen-bond acceptors (Lipinski definition) is 7. The van der Waals surface area contributed by atoms with Crippen LogP contribution in [-0.2, 0) is 33.2 Å². The zero-order chi connectivity index (χ0) is 31.1. The van der Waals surface area contributed by atoms with Crippen molar-refractivity contribution in [3.63, 3.8) is 0 Å². The Labute approximate surface area is 206 Å². The predicted molar refractivity (Wildman–Crippen MR) is 86.8 cm³/mol. The zero-order valence-corrected chi connectivity index (χ0v) is 18.7. The van der Waals surface area contributed by atoms with E-state index in [0.29, 0.717) is 0 Å². The van der Waals surface area contributed by atoms with Crippen LogP contribution in [0.5, 0.6) is 0 Å². The Hall–Kier alpha value is -1.85. The summed E-state index contributed by atoms with van der Waals surface area (Å²) in [6, 6.07) is 0. The molecule has 0 rings (SSSR count). The smallest absolute Gasteiger partial charge is 0.425 e. The Morgan fingerprint density at radius 1 is 0.641 bits per heavy atom. The van der Waals surface area contributed by atoms with Crippen molar-refractivity contribution in [3.8, 4) is 0 Å². The highest BCUT2D eigenvalue weighted by Crippen LogP contribution is 2.37. The number of rotatable bonds is 17. The molecular weight excluding hydrogens is 608 g/mol. The van der Waals surface area contributed by atoms with Crippen molar-refractivity contribution in [3.05, 3.63) is 0 Å². The van der Waals surface area contributed by atoms with Gasteiger partial charge in [-0.05, 0) is 0 Å². The molecule has 0 aliphatic rings. The first-order valence-electron chi connectivity index (χ1n) is 9.41. The summed E-state index contributed by atoms with van der Waals surface area (Å²) in [7, 11) is 0. The lowest BCUT2D eigenvalue weighted by Gasteiger charge is -2.26. The van der Waals surface area contributed by atoms with Gasteiger partial charge in [-0.3, -0.25) is 14.2 Å². The van der Waals surface area contributed by atoms with Gasteiger partial charge in [0.1, 0.15) is 26.2 Å². The van der Waals surface area contributed by atoms with Gasteiger partial charge in [-0.2, -0.15) is 61.5 Å². The van der Waals surface area contributed by atoms with E-state index in [1.165, 1.54) is 0 Å². The standard InChI is InChI=1S/C16H16F16O7/c1-10(17,18)3-34-4-14(26,27)39-15(28,29)5-35-7-37-13(24,25)6-36-9(33)8(16(30,31)32)38-12(22,23)2-11(19,20)21/h8H,2-7H2,1H3. The van der Waals surface area contributed by atoms with E-state index in [0.717, 1.165) is 0 Å². The molecule has 0 heterocycles. The van der Waals surface area contributed by atoms with E-state index in [1.54, 1.807) is 0 Å². The summed E-state index contributed by atoms with van der Waals surface area (Å²) in [5.74, 6) is -6.70. The maximum absolute atomic E-state index is 13.4. The Kier molecular flexibility index (Phi) is 12.6. The molecule has 234 valence electrons. The Bertz CT molecular complexity index is 763. The van der Waals surface area contributed by atoms with Crippen LogP contribution in [0.2, 0.25) is 0 Å². The maximum atomic E-state index is 13.4. The second-order valence-electron chi connectivity index (χ2n) is 7.26. The molecule has 0 aromatic carbocycles. The van der Waals surface area contributed by atoms with E-state index in [-0.39, 0.29) is 6.92 Å². The third-order valence-corrected chi connectivity index (χ3v) is 3.14. The third kappa shape index (κ3) is 18.2. The number of hydrogen-bond donors (Lipinski definition) is 0. The Morgan fingerprint density at radius 2 is 1.13 bits per heavy atom. The normalized spacial score (nSPS) is 15.4. The van der Waals surface area contributed by atoms with Crippen LogP contribution < -0.4 is 0 Å². The van der Waals surface area contributed by atoms with E-state index in [9.17, 15) is 75.0 Å². The molecule has 0 aliphatic heterocycles. The molecule has 0 saturated heterocycles. The summed E-state index contributed by atoms with van der Waals surface area (Å²) >= 11 is 0. The summed E-state index contributed by atoms with van der Waals surface area (Å²) in [4.78, 5) is 11.3. The van der Waals surface area contributed by atoms with E-state index in [4.69, 9.17) is 0 Å². The zero-order valence-electron chi connectivity index (χ0n) is 18.7. The second-order valence-corrected chi connectivity index (χ2v) is 7.26. The Balaban J connectivity index is 4.81. The third-order valence-electron chi connectivity index (χ3n) is 3.14. The van der Waals surface area contributed by atoms with Gasteiger partial charge in [0.15, 0.2) is 13.4 Å². The number of esters is 1. The van der Waals surface area contributed by atoms with Crippen LogP contribution in [0.3, 0.4) is 0 Å². The van der Waals surface area contributed by atoms with Crippen molar-refractivity contribution in [2.24, 2.45) is 0 Å². The van der Waals surface area contributed by atoms with Gasteiger partial charge in [-0.1, -0.05) is 0 Å². The van der Waals surface area contributed by atoms with E-state index in [1.807, 2.05) is 0 Å². The van der Waals surface area contributed by atoms with Crippen molar-refractivity contribution in [1.29, 1.82) is 0 Å². The highest BCUT2D eigenvalue weighted by atomic mass is 19.4. The molecule has 7 nitrogen and oxygen atoms in total. The van der Waals surface area contributed by atoms with Gasteiger partial charge in [0.2, 0.25) is 0 Å². The molecule has 1 unspecified atom stereocenters. The quantitative estimate of drug-likeness (QED) is 0.0920. The molecule has 39 heavy (non-hydrogen) atoms. The predicted octanol–water partition coefficient (Wildman–Crippen LogP) is 5.48. The van der Waals surface area contributed by atoms with Crippen molar-refractivity contribution < 1.29 is 103 Å². The second kappa shape index (κ2) is 13.2. The molecule has 0 aromatic rings. The van der Waals surface area contributed by atoms with Gasteiger partial charge in [0.05, 0.1) is 0 Å². The van der Waals surface area contributed by atoms with Crippen LogP contribution in [0.25, 0.3) is 0 Å². The summed E-state index contributed by atoms with van der Waals surface area (Å²) in [6.07, 6.45) is -40.3. The van der Waals surface area contributed by atoms with Crippen LogP contribution in [0, 0.1) is 0 Å². The number of carbonyl (C=O) groups excluding carboxylic acids is 1. The van der Waals surface area contributed by atoms with Gasteiger partial charge in [0.25, 0.3) is 12.0 Å². The lowest BCUT2D eigenvalue weighted by molar-refractivity contribution is -0.400. The van der Waals surface area contributed by atoms with Gasteiger partial charge < -0.3 is 14.2 Å². The summed E-state index contributed by atoms with van der Waals surface area (Å²) in [5.41, 5.74) is 0. The van der Waals surface area contributed by atoms with E-state index in [2.05, 4.69) is 28.4 Å². The fourth-order valence-corrected chi connectivity index (χ4v) is 1.88. The molecule has 0 fully saturated rings. The van der Waals surface area contributed by atoms with Crippen LogP contribution in [0.1, 0.15) is 13.3 Å². The minimum absolute atomic E-state index is 0.241. The first kappa shape index (κ1) is 37.1. The minimum Gasteiger partial charge on any atom is -0.454 e. The molecule has 0 amide bonds. The lowest BCUT2D eigenvalue weighted by Crippen LogP contribution is -2.47. The average molecular weight is 624 g/mol. The van der Waals surface area contributed by atoms with Crippen molar-refractivity contribution in [1.82, 2.24) is 0 Å². The fraction of sp³-hybridized carbons (Fsp3) is 0.938. The highest BCUT2D eigenvalue weighted by Gasteiger charge is 2.56. The largest absolute Gasteiger partial charge is 0.454 e. The fourth-order valence-electron chi connectivity index (χ4n) is 1.88. The van der Waals surface area contributed by atoms with Crippen LogP contribution in [-0.4, -0.2) is 88.0 Å². The molecule has 1 atom stereocenters. The molecule has 0 N–H and O–H groups in total. The minimum atomic E-state index is -6.19. The topological polar surface area (TPSA) is 72.5 Å². The molecule has 23 heteroatoms. The first-order valence-corrected chi connectivity index (χ1v) is 9.41. The summed E-state index contributed by atoms with van der Waals surface area (Å²) in [6.45, 7) is -10.3. The molecule has 0 spiro atoms. The SMILES string of the molecule is CC(F)(F)COCC(F)(F)OC(F)(F)COCOC(F)(F)COC(=O)C(OC(F)(F)CC(F)(F)F)C(F)(F)F. The summed E-state index contributed by atoms with van der Waals surface area (Å²) in [5, 5.41) is 0. The van der Waals surface area contributed by atoms with E-state index >= 15 is 0 Å². The number of halogens is 16. The molecule has 0 aliphatic carbocycles. The van der Waals surface area contributed by atoms with Crippen molar-refractivity contribution in [2.75, 3.05) is 33.2 Å². The van der Waals surface area contributed by atoms with Gasteiger partial charge in [0, 0.05) is 6.92 Å². The number of alkyl halides is 16.